The van der Waals surface area contributed by atoms with Crippen LogP contribution in [0.1, 0.15) is 0 Å². The molecule has 0 aliphatic carbocycles. The minimum absolute atomic E-state index is 0.703. The van der Waals surface area contributed by atoms with Crippen LogP contribution in [-0.2, 0) is 0 Å². The molecule has 5 heterocycles. The Labute approximate surface area is 151 Å². The third-order valence-electron chi connectivity index (χ3n) is 4.49. The summed E-state index contributed by atoms with van der Waals surface area (Å²) in [5, 5.41) is 15.5. The Morgan fingerprint density at radius 1 is 1.00 bits per heavy atom. The van der Waals surface area contributed by atoms with Crippen molar-refractivity contribution in [1.82, 2.24) is 40.1 Å². The first kappa shape index (κ1) is 14.1. The quantitative estimate of drug-likeness (QED) is 0.462. The van der Waals surface area contributed by atoms with Crippen molar-refractivity contribution in [2.45, 2.75) is 0 Å². The summed E-state index contributed by atoms with van der Waals surface area (Å²) in [4.78, 5) is 12.1. The van der Waals surface area contributed by atoms with Crippen LogP contribution < -0.4 is 4.40 Å². The molecule has 6 aromatic rings. The number of imidazole rings is 1. The number of benzene rings is 1. The lowest BCUT2D eigenvalue weighted by molar-refractivity contribution is -0.512. The highest BCUT2D eigenvalue weighted by Gasteiger charge is 2.15. The van der Waals surface area contributed by atoms with Crippen LogP contribution in [0, 0.1) is 0 Å². The van der Waals surface area contributed by atoms with Gasteiger partial charge in [-0.2, -0.15) is 15.4 Å². The molecule has 9 nitrogen and oxygen atoms in total. The molecule has 9 heteroatoms. The molecule has 0 saturated carbocycles. The van der Waals surface area contributed by atoms with Gasteiger partial charge in [-0.05, 0) is 30.3 Å². The average Bonchev–Trinajstić information content (AvgIpc) is 3.42. The number of H-pyrrole nitrogens is 2. The monoisotopic (exact) mass is 354 g/mol. The van der Waals surface area contributed by atoms with Gasteiger partial charge < -0.3 is 4.98 Å². The van der Waals surface area contributed by atoms with Crippen molar-refractivity contribution in [3.63, 3.8) is 0 Å². The Morgan fingerprint density at radius 3 is 2.93 bits per heavy atom. The predicted molar refractivity (Wildman–Crippen MR) is 97.1 cm³/mol. The lowest BCUT2D eigenvalue weighted by Gasteiger charge is -1.93. The van der Waals surface area contributed by atoms with E-state index in [4.69, 9.17) is 0 Å². The molecule has 0 saturated heterocycles. The molecule has 0 bridgehead atoms. The van der Waals surface area contributed by atoms with Crippen LogP contribution in [-0.4, -0.2) is 40.1 Å². The molecule has 0 atom stereocenters. The maximum absolute atomic E-state index is 4.63. The average molecular weight is 354 g/mol. The van der Waals surface area contributed by atoms with E-state index in [-0.39, 0.29) is 0 Å². The summed E-state index contributed by atoms with van der Waals surface area (Å²) >= 11 is 0. The molecule has 0 radical (unpaired) electrons. The molecule has 27 heavy (non-hydrogen) atoms. The maximum atomic E-state index is 4.63. The lowest BCUT2D eigenvalue weighted by Crippen LogP contribution is -2.18. The number of aromatic amines is 2. The van der Waals surface area contributed by atoms with Crippen molar-refractivity contribution in [1.29, 1.82) is 0 Å². The molecule has 0 aliphatic heterocycles. The summed E-state index contributed by atoms with van der Waals surface area (Å²) in [6, 6.07) is 13.6. The largest absolute Gasteiger partial charge is 0.336 e. The van der Waals surface area contributed by atoms with Crippen molar-refractivity contribution in [3.8, 4) is 17.1 Å². The first-order valence-electron chi connectivity index (χ1n) is 8.36. The first-order chi connectivity index (χ1) is 13.3. The van der Waals surface area contributed by atoms with Crippen molar-refractivity contribution in [3.05, 3.63) is 61.2 Å². The molecular weight excluding hydrogens is 342 g/mol. The standard InChI is InChI=1S/C18H12N9/c1-2-14-18(19-7-1)21-17(20-14)11-3-6-16-24-27(10-26(16)9-11)12-4-5-13-15(8-12)23-25-22-13/h1-10H,(H,19,20,21)(H,22,23,25)/q+1. The van der Waals surface area contributed by atoms with E-state index in [1.54, 1.807) is 6.20 Å². The second kappa shape index (κ2) is 5.18. The molecular formula is C18H12N9+. The molecule has 1 aromatic carbocycles. The van der Waals surface area contributed by atoms with E-state index in [2.05, 4.69) is 35.5 Å². The number of hydrogen-bond acceptors (Lipinski definition) is 5. The third kappa shape index (κ3) is 2.18. The minimum atomic E-state index is 0.703. The van der Waals surface area contributed by atoms with Gasteiger partial charge in [0.1, 0.15) is 22.5 Å². The number of hydrogen-bond donors (Lipinski definition) is 2. The highest BCUT2D eigenvalue weighted by atomic mass is 15.4. The summed E-state index contributed by atoms with van der Waals surface area (Å²) < 4.78 is 3.77. The van der Waals surface area contributed by atoms with Crippen molar-refractivity contribution in [2.24, 2.45) is 0 Å². The van der Waals surface area contributed by atoms with Gasteiger partial charge >= 0.3 is 5.65 Å². The summed E-state index contributed by atoms with van der Waals surface area (Å²) in [5.41, 5.74) is 5.93. The molecule has 128 valence electrons. The van der Waals surface area contributed by atoms with Crippen LogP contribution in [0.2, 0.25) is 0 Å². The first-order valence-corrected chi connectivity index (χ1v) is 8.36. The summed E-state index contributed by atoms with van der Waals surface area (Å²) in [6.45, 7) is 0. The van der Waals surface area contributed by atoms with E-state index in [1.807, 2.05) is 64.1 Å². The van der Waals surface area contributed by atoms with E-state index in [1.165, 1.54) is 0 Å². The van der Waals surface area contributed by atoms with E-state index < -0.39 is 0 Å². The molecule has 5 aromatic heterocycles. The zero-order chi connectivity index (χ0) is 17.8. The zero-order valence-electron chi connectivity index (χ0n) is 13.9. The van der Waals surface area contributed by atoms with Crippen LogP contribution in [0.4, 0.5) is 0 Å². The van der Waals surface area contributed by atoms with Crippen molar-refractivity contribution < 1.29 is 4.40 Å². The Kier molecular flexibility index (Phi) is 2.70. The number of nitrogens with one attached hydrogen (secondary N) is 2. The molecule has 0 amide bonds. The summed E-state index contributed by atoms with van der Waals surface area (Å²) in [7, 11) is 0. The molecule has 6 rings (SSSR count). The maximum Gasteiger partial charge on any atom is 0.306 e. The van der Waals surface area contributed by atoms with E-state index >= 15 is 0 Å². The van der Waals surface area contributed by atoms with Gasteiger partial charge in [0.2, 0.25) is 6.33 Å². The van der Waals surface area contributed by atoms with Gasteiger partial charge in [0.15, 0.2) is 5.65 Å². The van der Waals surface area contributed by atoms with E-state index in [0.29, 0.717) is 5.65 Å². The number of aromatic nitrogens is 9. The van der Waals surface area contributed by atoms with Gasteiger partial charge in [0, 0.05) is 23.9 Å². The van der Waals surface area contributed by atoms with Crippen LogP contribution in [0.3, 0.4) is 0 Å². The van der Waals surface area contributed by atoms with E-state index in [0.717, 1.165) is 39.3 Å². The molecule has 2 N–H and O–H groups in total. The lowest BCUT2D eigenvalue weighted by atomic mass is 10.3. The second-order valence-corrected chi connectivity index (χ2v) is 6.20. The van der Waals surface area contributed by atoms with Crippen LogP contribution in [0.25, 0.3) is 44.9 Å². The SMILES string of the molecule is c1cnc2nc(-c3ccc4nn(-c5ccc6n[nH]nc6c5)c[n+]4c3)[nH]c2c1. The second-order valence-electron chi connectivity index (χ2n) is 6.20. The number of nitrogens with zero attached hydrogens (tertiary/aromatic N) is 7. The summed E-state index contributed by atoms with van der Waals surface area (Å²) in [6.07, 6.45) is 5.65. The van der Waals surface area contributed by atoms with Crippen LogP contribution in [0.5, 0.6) is 0 Å². The number of pyridine rings is 2. The van der Waals surface area contributed by atoms with Crippen LogP contribution >= 0.6 is 0 Å². The van der Waals surface area contributed by atoms with Crippen molar-refractivity contribution in [2.75, 3.05) is 0 Å². The van der Waals surface area contributed by atoms with Crippen LogP contribution in [0.15, 0.2) is 61.2 Å². The Bertz CT molecular complexity index is 1410. The van der Waals surface area contributed by atoms with Gasteiger partial charge in [-0.3, -0.25) is 0 Å². The smallest absolute Gasteiger partial charge is 0.306 e. The Balaban J connectivity index is 1.46. The van der Waals surface area contributed by atoms with Gasteiger partial charge in [-0.1, -0.05) is 4.68 Å². The fourth-order valence-corrected chi connectivity index (χ4v) is 3.16. The molecule has 0 aliphatic rings. The zero-order valence-corrected chi connectivity index (χ0v) is 13.9. The number of rotatable bonds is 2. The topological polar surface area (TPSA) is 105 Å². The normalized spacial score (nSPS) is 11.7. The minimum Gasteiger partial charge on any atom is -0.336 e. The number of fused-ring (bicyclic) bond motifs is 3. The van der Waals surface area contributed by atoms with Gasteiger partial charge in [-0.15, -0.1) is 0 Å². The Morgan fingerprint density at radius 2 is 1.96 bits per heavy atom. The molecule has 0 spiro atoms. The predicted octanol–water partition coefficient (Wildman–Crippen LogP) is 1.82. The van der Waals surface area contributed by atoms with Gasteiger partial charge in [-0.25, -0.2) is 14.4 Å². The van der Waals surface area contributed by atoms with Gasteiger partial charge in [0.25, 0.3) is 0 Å². The summed E-state index contributed by atoms with van der Waals surface area (Å²) in [5.74, 6) is 0.773. The van der Waals surface area contributed by atoms with Gasteiger partial charge in [0.05, 0.1) is 16.8 Å². The van der Waals surface area contributed by atoms with Crippen molar-refractivity contribution >= 4 is 27.8 Å². The highest BCUT2D eigenvalue weighted by molar-refractivity contribution is 5.76. The fraction of sp³-hybridized carbons (Fsp3) is 0. The molecule has 0 unspecified atom stereocenters. The highest BCUT2D eigenvalue weighted by Crippen LogP contribution is 2.19. The fourth-order valence-electron chi connectivity index (χ4n) is 3.16. The molecule has 0 fully saturated rings. The Hall–Kier alpha value is -4.14. The van der Waals surface area contributed by atoms with E-state index in [9.17, 15) is 0 Å². The third-order valence-corrected chi connectivity index (χ3v) is 4.49.